The van der Waals surface area contributed by atoms with Crippen LogP contribution in [0.5, 0.6) is 0 Å². The number of rotatable bonds is 4. The van der Waals surface area contributed by atoms with Crippen LogP contribution in [-0.4, -0.2) is 40.8 Å². The monoisotopic (exact) mass is 298 g/mol. The number of thiazole rings is 1. The second-order valence-electron chi connectivity index (χ2n) is 5.95. The predicted molar refractivity (Wildman–Crippen MR) is 77.7 cm³/mol. The molecular formula is C14H22N2O3S. The zero-order chi connectivity index (χ0) is 14.6. The second kappa shape index (κ2) is 6.54. The van der Waals surface area contributed by atoms with E-state index in [0.717, 1.165) is 24.3 Å². The summed E-state index contributed by atoms with van der Waals surface area (Å²) in [6.07, 6.45) is 3.56. The summed E-state index contributed by atoms with van der Waals surface area (Å²) in [5.41, 5.74) is 1.34. The van der Waals surface area contributed by atoms with E-state index in [4.69, 9.17) is 9.47 Å². The summed E-state index contributed by atoms with van der Waals surface area (Å²) in [4.78, 5) is 19.0. The molecule has 0 bridgehead atoms. The molecule has 0 saturated carbocycles. The van der Waals surface area contributed by atoms with Crippen LogP contribution in [-0.2, 0) is 16.1 Å². The van der Waals surface area contributed by atoms with E-state index in [1.807, 2.05) is 27.0 Å². The Labute approximate surface area is 123 Å². The van der Waals surface area contributed by atoms with Crippen molar-refractivity contribution in [2.24, 2.45) is 0 Å². The first-order chi connectivity index (χ1) is 9.46. The topological polar surface area (TPSA) is 51.7 Å². The molecule has 5 nitrogen and oxygen atoms in total. The van der Waals surface area contributed by atoms with E-state index in [1.165, 1.54) is 0 Å². The Balaban J connectivity index is 1.79. The van der Waals surface area contributed by atoms with Gasteiger partial charge in [0.2, 0.25) is 0 Å². The largest absolute Gasteiger partial charge is 0.444 e. The highest BCUT2D eigenvalue weighted by atomic mass is 32.1. The molecule has 1 saturated heterocycles. The van der Waals surface area contributed by atoms with E-state index in [0.29, 0.717) is 13.2 Å². The zero-order valence-corrected chi connectivity index (χ0v) is 13.1. The molecule has 2 rings (SSSR count). The molecular weight excluding hydrogens is 276 g/mol. The fourth-order valence-corrected chi connectivity index (χ4v) is 2.71. The van der Waals surface area contributed by atoms with Crippen molar-refractivity contribution < 1.29 is 14.3 Å². The number of likely N-dealkylation sites (tertiary alicyclic amines) is 1. The van der Waals surface area contributed by atoms with Gasteiger partial charge in [-0.15, -0.1) is 11.3 Å². The summed E-state index contributed by atoms with van der Waals surface area (Å²) in [6.45, 7) is 7.52. The molecule has 0 radical (unpaired) electrons. The van der Waals surface area contributed by atoms with Gasteiger partial charge in [0.25, 0.3) is 0 Å². The lowest BCUT2D eigenvalue weighted by atomic mass is 10.2. The van der Waals surface area contributed by atoms with Crippen LogP contribution >= 0.6 is 11.3 Å². The Morgan fingerprint density at radius 3 is 3.00 bits per heavy atom. The van der Waals surface area contributed by atoms with Gasteiger partial charge in [-0.25, -0.2) is 4.79 Å². The highest BCUT2D eigenvalue weighted by Gasteiger charge is 2.32. The minimum atomic E-state index is -0.451. The predicted octanol–water partition coefficient (Wildman–Crippen LogP) is 3.06. The van der Waals surface area contributed by atoms with Crippen molar-refractivity contribution >= 4 is 17.4 Å². The summed E-state index contributed by atoms with van der Waals surface area (Å²) in [6, 6.07) is 0.123. The van der Waals surface area contributed by atoms with Crippen LogP contribution in [0.3, 0.4) is 0 Å². The average molecular weight is 298 g/mol. The molecule has 1 atom stereocenters. The van der Waals surface area contributed by atoms with Gasteiger partial charge >= 0.3 is 6.09 Å². The Hall–Kier alpha value is -1.14. The van der Waals surface area contributed by atoms with Crippen molar-refractivity contribution in [2.75, 3.05) is 13.2 Å². The molecule has 1 aromatic rings. The molecule has 6 heteroatoms. The second-order valence-corrected chi connectivity index (χ2v) is 6.92. The number of carbonyl (C=O) groups excluding carboxylic acids is 1. The number of ether oxygens (including phenoxy) is 2. The van der Waals surface area contributed by atoms with Gasteiger partial charge in [-0.2, -0.15) is 0 Å². The number of hydrogen-bond acceptors (Lipinski definition) is 5. The van der Waals surface area contributed by atoms with Crippen molar-refractivity contribution in [3.63, 3.8) is 0 Å². The van der Waals surface area contributed by atoms with Crippen LogP contribution in [0.25, 0.3) is 0 Å². The number of amides is 1. The average Bonchev–Trinajstić information content (AvgIpc) is 2.97. The molecule has 1 fully saturated rings. The van der Waals surface area contributed by atoms with E-state index >= 15 is 0 Å². The van der Waals surface area contributed by atoms with Gasteiger partial charge in [0.15, 0.2) is 0 Å². The van der Waals surface area contributed by atoms with Gasteiger partial charge < -0.3 is 14.4 Å². The number of carbonyl (C=O) groups is 1. The molecule has 1 amide bonds. The molecule has 0 spiro atoms. The number of aromatic nitrogens is 1. The molecule has 0 aromatic carbocycles. The summed E-state index contributed by atoms with van der Waals surface area (Å²) in [5.74, 6) is 0. The Morgan fingerprint density at radius 1 is 1.55 bits per heavy atom. The van der Waals surface area contributed by atoms with Crippen molar-refractivity contribution in [1.82, 2.24) is 9.88 Å². The van der Waals surface area contributed by atoms with Crippen LogP contribution in [0.4, 0.5) is 4.79 Å². The first kappa shape index (κ1) is 15.3. The van der Waals surface area contributed by atoms with Crippen molar-refractivity contribution in [3.05, 3.63) is 16.6 Å². The van der Waals surface area contributed by atoms with Gasteiger partial charge in [0, 0.05) is 12.7 Å². The van der Waals surface area contributed by atoms with Gasteiger partial charge in [-0.1, -0.05) is 0 Å². The van der Waals surface area contributed by atoms with Crippen LogP contribution in [0.15, 0.2) is 11.7 Å². The fraction of sp³-hybridized carbons (Fsp3) is 0.714. The Kier molecular flexibility index (Phi) is 4.99. The minimum Gasteiger partial charge on any atom is -0.444 e. The Bertz CT molecular complexity index is 428. The summed E-state index contributed by atoms with van der Waals surface area (Å²) in [5, 5.41) is 0. The maximum atomic E-state index is 12.1. The molecule has 1 unspecified atom stereocenters. The molecule has 1 aromatic heterocycles. The van der Waals surface area contributed by atoms with Crippen LogP contribution in [0.2, 0.25) is 0 Å². The highest BCUT2D eigenvalue weighted by Crippen LogP contribution is 2.21. The summed E-state index contributed by atoms with van der Waals surface area (Å²) >= 11 is 1.58. The van der Waals surface area contributed by atoms with Gasteiger partial charge in [0.1, 0.15) is 5.60 Å². The third-order valence-corrected chi connectivity index (χ3v) is 3.80. The number of nitrogens with zero attached hydrogens (tertiary/aromatic N) is 2. The van der Waals surface area contributed by atoms with E-state index in [2.05, 4.69) is 4.98 Å². The standard InChI is InChI=1S/C14H22N2O3S/c1-14(2,3)19-13(17)16-6-4-5-11(16)8-18-9-12-7-15-10-20-12/h7,10-11H,4-6,8-9H2,1-3H3. The maximum Gasteiger partial charge on any atom is 0.410 e. The van der Waals surface area contributed by atoms with Crippen LogP contribution in [0.1, 0.15) is 38.5 Å². The number of hydrogen-bond donors (Lipinski definition) is 0. The molecule has 1 aliphatic rings. The van der Waals surface area contributed by atoms with Crippen molar-refractivity contribution in [1.29, 1.82) is 0 Å². The van der Waals surface area contributed by atoms with E-state index in [-0.39, 0.29) is 12.1 Å². The molecule has 0 aliphatic carbocycles. The quantitative estimate of drug-likeness (QED) is 0.857. The van der Waals surface area contributed by atoms with Crippen molar-refractivity contribution in [3.8, 4) is 0 Å². The first-order valence-electron chi connectivity index (χ1n) is 6.90. The normalized spacial score (nSPS) is 19.4. The third-order valence-electron chi connectivity index (χ3n) is 3.04. The lowest BCUT2D eigenvalue weighted by molar-refractivity contribution is 0.00904. The smallest absolute Gasteiger partial charge is 0.410 e. The molecule has 0 N–H and O–H groups in total. The highest BCUT2D eigenvalue weighted by molar-refractivity contribution is 7.09. The zero-order valence-electron chi connectivity index (χ0n) is 12.3. The van der Waals surface area contributed by atoms with Crippen LogP contribution in [0, 0.1) is 0 Å². The molecule has 2 heterocycles. The Morgan fingerprint density at radius 2 is 2.35 bits per heavy atom. The fourth-order valence-electron chi connectivity index (χ4n) is 2.18. The van der Waals surface area contributed by atoms with Crippen LogP contribution < -0.4 is 0 Å². The molecule has 112 valence electrons. The maximum absolute atomic E-state index is 12.1. The lowest BCUT2D eigenvalue weighted by Gasteiger charge is -2.28. The van der Waals surface area contributed by atoms with Gasteiger partial charge in [-0.05, 0) is 33.6 Å². The molecule has 20 heavy (non-hydrogen) atoms. The summed E-state index contributed by atoms with van der Waals surface area (Å²) < 4.78 is 11.1. The van der Waals surface area contributed by atoms with Gasteiger partial charge in [0.05, 0.1) is 29.6 Å². The minimum absolute atomic E-state index is 0.123. The van der Waals surface area contributed by atoms with Gasteiger partial charge in [-0.3, -0.25) is 4.98 Å². The summed E-state index contributed by atoms with van der Waals surface area (Å²) in [7, 11) is 0. The third kappa shape index (κ3) is 4.45. The lowest BCUT2D eigenvalue weighted by Crippen LogP contribution is -2.41. The molecule has 1 aliphatic heterocycles. The first-order valence-corrected chi connectivity index (χ1v) is 7.78. The van der Waals surface area contributed by atoms with E-state index in [1.54, 1.807) is 21.7 Å². The SMILES string of the molecule is CC(C)(C)OC(=O)N1CCCC1COCc1cncs1. The van der Waals surface area contributed by atoms with Crippen molar-refractivity contribution in [2.45, 2.75) is 51.9 Å². The van der Waals surface area contributed by atoms with E-state index in [9.17, 15) is 4.79 Å². The van der Waals surface area contributed by atoms with E-state index < -0.39 is 5.60 Å².